The summed E-state index contributed by atoms with van der Waals surface area (Å²) >= 11 is 0. The van der Waals surface area contributed by atoms with Crippen LogP contribution in [-0.4, -0.2) is 23.1 Å². The molecule has 100 valence electrons. The van der Waals surface area contributed by atoms with Crippen LogP contribution in [0, 0.1) is 0 Å². The van der Waals surface area contributed by atoms with E-state index in [2.05, 4.69) is 0 Å². The Hall–Kier alpha value is -2.05. The zero-order chi connectivity index (χ0) is 13.8. The van der Waals surface area contributed by atoms with E-state index in [1.807, 2.05) is 0 Å². The van der Waals surface area contributed by atoms with E-state index in [1.165, 1.54) is 32.2 Å². The average molecular weight is 264 g/mol. The smallest absolute Gasteiger partial charge is 0.336 e. The molecular weight excluding hydrogens is 252 g/mol. The van der Waals surface area contributed by atoms with Crippen LogP contribution >= 0.6 is 0 Å². The molecule has 1 aromatic carbocycles. The van der Waals surface area contributed by atoms with Crippen molar-refractivity contribution in [3.8, 4) is 11.5 Å². The third-order valence-corrected chi connectivity index (χ3v) is 3.19. The molecule has 19 heavy (non-hydrogen) atoms. The van der Waals surface area contributed by atoms with E-state index in [0.717, 1.165) is 0 Å². The number of benzene rings is 1. The fourth-order valence-corrected chi connectivity index (χ4v) is 2.26. The van der Waals surface area contributed by atoms with Crippen LogP contribution in [0.4, 0.5) is 0 Å². The first kappa shape index (κ1) is 12.0. The molecule has 6 nitrogen and oxygen atoms in total. The molecule has 0 saturated heterocycles. The molecule has 0 bridgehead atoms. The molecule has 0 fully saturated rings. The highest BCUT2D eigenvalue weighted by molar-refractivity contribution is 5.86. The normalized spacial score (nSPS) is 25.2. The number of methoxy groups -OCH3 is 1. The summed E-state index contributed by atoms with van der Waals surface area (Å²) in [6.07, 6.45) is -1.26. The van der Waals surface area contributed by atoms with E-state index >= 15 is 0 Å². The van der Waals surface area contributed by atoms with Crippen LogP contribution in [-0.2, 0) is 0 Å². The third-order valence-electron chi connectivity index (χ3n) is 3.19. The number of hydrogen-bond acceptors (Lipinski definition) is 6. The molecule has 2 heterocycles. The minimum atomic E-state index is -1.75. The summed E-state index contributed by atoms with van der Waals surface area (Å²) in [6, 6.07) is 4.26. The van der Waals surface area contributed by atoms with E-state index in [9.17, 15) is 15.0 Å². The molecule has 0 radical (unpaired) electrons. The molecular formula is C13H12O6. The molecule has 3 rings (SSSR count). The van der Waals surface area contributed by atoms with Gasteiger partial charge in [-0.2, -0.15) is 0 Å². The van der Waals surface area contributed by atoms with Crippen molar-refractivity contribution in [2.45, 2.75) is 18.8 Å². The predicted molar refractivity (Wildman–Crippen MR) is 65.2 cm³/mol. The zero-order valence-corrected chi connectivity index (χ0v) is 10.3. The third kappa shape index (κ3) is 1.61. The molecule has 0 spiro atoms. The summed E-state index contributed by atoms with van der Waals surface area (Å²) in [4.78, 5) is 11.2. The molecule has 0 amide bonds. The maximum atomic E-state index is 11.2. The van der Waals surface area contributed by atoms with Gasteiger partial charge in [-0.25, -0.2) is 4.79 Å². The van der Waals surface area contributed by atoms with Gasteiger partial charge in [0.25, 0.3) is 0 Å². The second kappa shape index (κ2) is 3.72. The van der Waals surface area contributed by atoms with Gasteiger partial charge in [-0.1, -0.05) is 0 Å². The van der Waals surface area contributed by atoms with Crippen LogP contribution < -0.4 is 15.1 Å². The van der Waals surface area contributed by atoms with Gasteiger partial charge in [-0.3, -0.25) is 0 Å². The van der Waals surface area contributed by atoms with Gasteiger partial charge in [0.15, 0.2) is 11.5 Å². The van der Waals surface area contributed by atoms with Gasteiger partial charge in [0, 0.05) is 30.0 Å². The maximum Gasteiger partial charge on any atom is 0.336 e. The second-order valence-electron chi connectivity index (χ2n) is 4.55. The molecule has 0 aliphatic carbocycles. The van der Waals surface area contributed by atoms with E-state index in [1.54, 1.807) is 0 Å². The van der Waals surface area contributed by atoms with Crippen molar-refractivity contribution in [1.82, 2.24) is 0 Å². The highest BCUT2D eigenvalue weighted by Gasteiger charge is 2.45. The monoisotopic (exact) mass is 264 g/mol. The summed E-state index contributed by atoms with van der Waals surface area (Å²) in [5.41, 5.74) is 0.112. The molecule has 2 atom stereocenters. The molecule has 2 N–H and O–H groups in total. The van der Waals surface area contributed by atoms with Gasteiger partial charge in [-0.15, -0.1) is 0 Å². The molecule has 1 aliphatic rings. The lowest BCUT2D eigenvalue weighted by molar-refractivity contribution is -0.175. The number of aliphatic hydroxyl groups excluding tert-OH is 1. The first-order chi connectivity index (χ1) is 8.94. The Labute approximate surface area is 107 Å². The molecule has 6 heteroatoms. The summed E-state index contributed by atoms with van der Waals surface area (Å²) < 4.78 is 15.5. The van der Waals surface area contributed by atoms with E-state index in [4.69, 9.17) is 13.9 Å². The lowest BCUT2D eigenvalue weighted by Gasteiger charge is -2.20. The molecule has 1 aromatic heterocycles. The Morgan fingerprint density at radius 1 is 1.42 bits per heavy atom. The number of rotatable bonds is 1. The Balaban J connectivity index is 2.41. The minimum absolute atomic E-state index is 0.251. The molecule has 0 saturated carbocycles. The largest absolute Gasteiger partial charge is 0.493 e. The lowest BCUT2D eigenvalue weighted by atomic mass is 10.0. The van der Waals surface area contributed by atoms with Crippen molar-refractivity contribution in [2.24, 2.45) is 0 Å². The van der Waals surface area contributed by atoms with Gasteiger partial charge in [0.2, 0.25) is 5.79 Å². The second-order valence-corrected chi connectivity index (χ2v) is 4.55. The Morgan fingerprint density at radius 3 is 2.84 bits per heavy atom. The maximum absolute atomic E-state index is 11.2. The summed E-state index contributed by atoms with van der Waals surface area (Å²) in [7, 11) is 1.42. The van der Waals surface area contributed by atoms with Crippen LogP contribution in [0.3, 0.4) is 0 Å². The van der Waals surface area contributed by atoms with Gasteiger partial charge >= 0.3 is 5.63 Å². The highest BCUT2D eigenvalue weighted by Crippen LogP contribution is 2.50. The topological polar surface area (TPSA) is 89.1 Å². The SMILES string of the molecule is COc1cc2oc(=O)ccc2c2c1OC(C)(O)C2O. The van der Waals surface area contributed by atoms with Crippen LogP contribution in [0.5, 0.6) is 11.5 Å². The van der Waals surface area contributed by atoms with Gasteiger partial charge in [-0.05, 0) is 6.07 Å². The van der Waals surface area contributed by atoms with Crippen LogP contribution in [0.2, 0.25) is 0 Å². The fraction of sp³-hybridized carbons (Fsp3) is 0.308. The average Bonchev–Trinajstić information content (AvgIpc) is 2.60. The first-order valence-electron chi connectivity index (χ1n) is 5.68. The highest BCUT2D eigenvalue weighted by atomic mass is 16.7. The van der Waals surface area contributed by atoms with E-state index < -0.39 is 17.5 Å². The van der Waals surface area contributed by atoms with Crippen molar-refractivity contribution >= 4 is 11.0 Å². The predicted octanol–water partition coefficient (Wildman–Crippen LogP) is 0.936. The van der Waals surface area contributed by atoms with Crippen LogP contribution in [0.15, 0.2) is 27.4 Å². The number of ether oxygens (including phenoxy) is 2. The Bertz CT molecular complexity index is 715. The van der Waals surface area contributed by atoms with E-state index in [-0.39, 0.29) is 17.1 Å². The van der Waals surface area contributed by atoms with Crippen LogP contribution in [0.1, 0.15) is 18.6 Å². The lowest BCUT2D eigenvalue weighted by Crippen LogP contribution is -2.33. The standard InChI is InChI=1S/C13H12O6/c1-13(16)12(15)10-6-3-4-9(14)18-7(6)5-8(17-2)11(10)19-13/h3-5,12,15-16H,1-2H3. The molecule has 2 unspecified atom stereocenters. The van der Waals surface area contributed by atoms with Crippen molar-refractivity contribution in [3.63, 3.8) is 0 Å². The van der Waals surface area contributed by atoms with Gasteiger partial charge < -0.3 is 24.1 Å². The molecule has 1 aliphatic heterocycles. The van der Waals surface area contributed by atoms with E-state index in [0.29, 0.717) is 10.9 Å². The Kier molecular flexibility index (Phi) is 2.35. The van der Waals surface area contributed by atoms with Gasteiger partial charge in [0.05, 0.1) is 7.11 Å². The zero-order valence-electron chi connectivity index (χ0n) is 10.3. The number of aliphatic hydroxyl groups is 2. The van der Waals surface area contributed by atoms with Gasteiger partial charge in [0.1, 0.15) is 11.7 Å². The van der Waals surface area contributed by atoms with Crippen LogP contribution in [0.25, 0.3) is 11.0 Å². The fourth-order valence-electron chi connectivity index (χ4n) is 2.26. The number of fused-ring (bicyclic) bond motifs is 3. The van der Waals surface area contributed by atoms with Crippen molar-refractivity contribution in [3.05, 3.63) is 34.2 Å². The Morgan fingerprint density at radius 2 is 2.16 bits per heavy atom. The summed E-state index contributed by atoms with van der Waals surface area (Å²) in [5.74, 6) is -1.21. The quantitative estimate of drug-likeness (QED) is 0.745. The van der Waals surface area contributed by atoms with Crippen molar-refractivity contribution in [1.29, 1.82) is 0 Å². The van der Waals surface area contributed by atoms with Crippen molar-refractivity contribution < 1.29 is 24.1 Å². The number of hydrogen-bond donors (Lipinski definition) is 2. The minimum Gasteiger partial charge on any atom is -0.493 e. The van der Waals surface area contributed by atoms with Crippen molar-refractivity contribution in [2.75, 3.05) is 7.11 Å². The first-order valence-corrected chi connectivity index (χ1v) is 5.68. The summed E-state index contributed by atoms with van der Waals surface area (Å²) in [6.45, 7) is 1.35. The summed E-state index contributed by atoms with van der Waals surface area (Å²) in [5, 5.41) is 20.6. The molecule has 2 aromatic rings.